The van der Waals surface area contributed by atoms with Gasteiger partial charge in [-0.05, 0) is 31.2 Å². The summed E-state index contributed by atoms with van der Waals surface area (Å²) in [4.78, 5) is 16.0. The van der Waals surface area contributed by atoms with Crippen LogP contribution in [-0.2, 0) is 17.5 Å². The van der Waals surface area contributed by atoms with Crippen LogP contribution in [0.5, 0.6) is 17.2 Å². The second-order valence-corrected chi connectivity index (χ2v) is 6.65. The standard InChI is InChI=1S/C21H21F3N4O4/c1-12(13-9-16(30-2)19(32-4)17(10-13)31-3)26-27-18(29)11-28-15-8-6-5-7-14(15)25-20(28)21(22,23)24/h5-10H,11H2,1-4H3,(H,27,29). The molecule has 1 heterocycles. The second kappa shape index (κ2) is 9.16. The number of amides is 1. The molecule has 0 radical (unpaired) electrons. The number of nitrogens with one attached hydrogen (secondary N) is 1. The van der Waals surface area contributed by atoms with Crippen LogP contribution in [0.15, 0.2) is 41.5 Å². The Bertz CT molecular complexity index is 1150. The summed E-state index contributed by atoms with van der Waals surface area (Å²) in [6.07, 6.45) is -4.71. The molecule has 1 amide bonds. The van der Waals surface area contributed by atoms with E-state index in [1.807, 2.05) is 0 Å². The number of halogens is 3. The van der Waals surface area contributed by atoms with Crippen molar-refractivity contribution in [3.8, 4) is 17.2 Å². The number of rotatable bonds is 7. The van der Waals surface area contributed by atoms with Crippen LogP contribution in [0.2, 0.25) is 0 Å². The maximum absolute atomic E-state index is 13.4. The quantitative estimate of drug-likeness (QED) is 0.439. The first-order valence-corrected chi connectivity index (χ1v) is 9.35. The van der Waals surface area contributed by atoms with E-state index in [2.05, 4.69) is 15.5 Å². The highest BCUT2D eigenvalue weighted by Gasteiger charge is 2.38. The summed E-state index contributed by atoms with van der Waals surface area (Å²) in [5.41, 5.74) is 3.56. The van der Waals surface area contributed by atoms with Crippen molar-refractivity contribution in [1.29, 1.82) is 0 Å². The Morgan fingerprint density at radius 2 is 1.72 bits per heavy atom. The van der Waals surface area contributed by atoms with Crippen LogP contribution < -0.4 is 19.6 Å². The molecule has 2 aromatic carbocycles. The number of hydrogen-bond donors (Lipinski definition) is 1. The van der Waals surface area contributed by atoms with Gasteiger partial charge in [-0.15, -0.1) is 0 Å². The first-order valence-electron chi connectivity index (χ1n) is 9.35. The summed E-state index contributed by atoms with van der Waals surface area (Å²) in [7, 11) is 4.39. The monoisotopic (exact) mass is 450 g/mol. The average molecular weight is 450 g/mol. The van der Waals surface area contributed by atoms with Gasteiger partial charge in [0.1, 0.15) is 6.54 Å². The van der Waals surface area contributed by atoms with Crippen molar-refractivity contribution >= 4 is 22.7 Å². The molecule has 0 aliphatic carbocycles. The van der Waals surface area contributed by atoms with Crippen LogP contribution in [0.25, 0.3) is 11.0 Å². The number of para-hydroxylation sites is 2. The molecule has 170 valence electrons. The van der Waals surface area contributed by atoms with E-state index in [4.69, 9.17) is 14.2 Å². The number of ether oxygens (including phenoxy) is 3. The third kappa shape index (κ3) is 4.61. The van der Waals surface area contributed by atoms with Crippen molar-refractivity contribution in [2.45, 2.75) is 19.6 Å². The Hall–Kier alpha value is -3.76. The lowest BCUT2D eigenvalue weighted by Crippen LogP contribution is -2.27. The highest BCUT2D eigenvalue weighted by molar-refractivity contribution is 6.00. The predicted octanol–water partition coefficient (Wildman–Crippen LogP) is 3.62. The lowest BCUT2D eigenvalue weighted by Gasteiger charge is -2.14. The number of hydrogen-bond acceptors (Lipinski definition) is 6. The normalized spacial score (nSPS) is 12.0. The molecule has 32 heavy (non-hydrogen) atoms. The lowest BCUT2D eigenvalue weighted by molar-refractivity contribution is -0.147. The Morgan fingerprint density at radius 3 is 2.28 bits per heavy atom. The van der Waals surface area contributed by atoms with Gasteiger partial charge >= 0.3 is 6.18 Å². The number of carbonyl (C=O) groups excluding carboxylic acids is 1. The smallest absolute Gasteiger partial charge is 0.449 e. The van der Waals surface area contributed by atoms with E-state index in [0.29, 0.717) is 28.5 Å². The van der Waals surface area contributed by atoms with Crippen molar-refractivity contribution < 1.29 is 32.2 Å². The van der Waals surface area contributed by atoms with Crippen LogP contribution in [0.4, 0.5) is 13.2 Å². The highest BCUT2D eigenvalue weighted by atomic mass is 19.4. The lowest BCUT2D eigenvalue weighted by atomic mass is 10.1. The minimum atomic E-state index is -4.71. The molecule has 11 heteroatoms. The number of fused-ring (bicyclic) bond motifs is 1. The van der Waals surface area contributed by atoms with E-state index in [1.54, 1.807) is 31.2 Å². The topological polar surface area (TPSA) is 87.0 Å². The molecular weight excluding hydrogens is 429 g/mol. The maximum atomic E-state index is 13.4. The number of hydrazone groups is 1. The van der Waals surface area contributed by atoms with E-state index < -0.39 is 24.5 Å². The molecule has 0 aliphatic rings. The summed E-state index contributed by atoms with van der Waals surface area (Å²) in [6, 6.07) is 9.34. The molecule has 0 saturated carbocycles. The molecule has 0 bridgehead atoms. The van der Waals surface area contributed by atoms with Crippen molar-refractivity contribution in [3.05, 3.63) is 47.8 Å². The van der Waals surface area contributed by atoms with Crippen LogP contribution >= 0.6 is 0 Å². The van der Waals surface area contributed by atoms with E-state index in [9.17, 15) is 18.0 Å². The molecule has 0 aliphatic heterocycles. The van der Waals surface area contributed by atoms with Crippen molar-refractivity contribution in [2.24, 2.45) is 5.10 Å². The number of methoxy groups -OCH3 is 3. The molecule has 3 aromatic rings. The van der Waals surface area contributed by atoms with Crippen LogP contribution in [0.3, 0.4) is 0 Å². The average Bonchev–Trinajstić information content (AvgIpc) is 3.15. The van der Waals surface area contributed by atoms with Gasteiger partial charge < -0.3 is 18.8 Å². The Balaban J connectivity index is 1.85. The fourth-order valence-corrected chi connectivity index (χ4v) is 3.13. The Kier molecular flexibility index (Phi) is 6.56. The van der Waals surface area contributed by atoms with Crippen molar-refractivity contribution in [2.75, 3.05) is 21.3 Å². The summed E-state index contributed by atoms with van der Waals surface area (Å²) in [5.74, 6) is -0.725. The molecule has 0 saturated heterocycles. The highest BCUT2D eigenvalue weighted by Crippen LogP contribution is 2.38. The van der Waals surface area contributed by atoms with E-state index in [-0.39, 0.29) is 11.0 Å². The summed E-state index contributed by atoms with van der Waals surface area (Å²) < 4.78 is 56.9. The van der Waals surface area contributed by atoms with Crippen LogP contribution in [-0.4, -0.2) is 42.5 Å². The van der Waals surface area contributed by atoms with E-state index in [1.165, 1.54) is 33.5 Å². The molecule has 0 fully saturated rings. The number of nitrogens with zero attached hydrogens (tertiary/aromatic N) is 3. The predicted molar refractivity (Wildman–Crippen MR) is 111 cm³/mol. The summed E-state index contributed by atoms with van der Waals surface area (Å²) in [5, 5.41) is 4.00. The van der Waals surface area contributed by atoms with Gasteiger partial charge in [0.15, 0.2) is 11.5 Å². The first kappa shape index (κ1) is 22.9. The zero-order valence-electron chi connectivity index (χ0n) is 17.8. The summed E-state index contributed by atoms with van der Waals surface area (Å²) >= 11 is 0. The molecule has 3 rings (SSSR count). The van der Waals surface area contributed by atoms with Gasteiger partial charge in [-0.1, -0.05) is 12.1 Å². The molecule has 0 atom stereocenters. The number of alkyl halides is 3. The fraction of sp³-hybridized carbons (Fsp3) is 0.286. The number of benzene rings is 2. The fourth-order valence-electron chi connectivity index (χ4n) is 3.13. The van der Waals surface area contributed by atoms with Crippen molar-refractivity contribution in [1.82, 2.24) is 15.0 Å². The van der Waals surface area contributed by atoms with Gasteiger partial charge in [0.2, 0.25) is 11.6 Å². The Labute approximate surface area is 181 Å². The second-order valence-electron chi connectivity index (χ2n) is 6.65. The van der Waals surface area contributed by atoms with Gasteiger partial charge in [0.25, 0.3) is 5.91 Å². The van der Waals surface area contributed by atoms with Gasteiger partial charge in [-0.25, -0.2) is 10.4 Å². The third-order valence-corrected chi connectivity index (χ3v) is 4.64. The van der Waals surface area contributed by atoms with E-state index in [0.717, 1.165) is 4.57 Å². The SMILES string of the molecule is COc1cc(C(C)=NNC(=O)Cn2c(C(F)(F)F)nc3ccccc32)cc(OC)c1OC. The number of imidazole rings is 1. The third-order valence-electron chi connectivity index (χ3n) is 4.64. The van der Waals surface area contributed by atoms with Gasteiger partial charge in [-0.2, -0.15) is 18.3 Å². The number of carbonyl (C=O) groups is 1. The van der Waals surface area contributed by atoms with Crippen LogP contribution in [0, 0.1) is 0 Å². The number of aromatic nitrogens is 2. The van der Waals surface area contributed by atoms with Gasteiger partial charge in [-0.3, -0.25) is 4.79 Å². The molecule has 0 spiro atoms. The zero-order valence-corrected chi connectivity index (χ0v) is 17.8. The Morgan fingerprint density at radius 1 is 1.09 bits per heavy atom. The minimum absolute atomic E-state index is 0.143. The van der Waals surface area contributed by atoms with Crippen LogP contribution in [0.1, 0.15) is 18.3 Å². The zero-order chi connectivity index (χ0) is 23.5. The van der Waals surface area contributed by atoms with Crippen molar-refractivity contribution in [3.63, 3.8) is 0 Å². The molecule has 8 nitrogen and oxygen atoms in total. The largest absolute Gasteiger partial charge is 0.493 e. The molecule has 1 aromatic heterocycles. The first-order chi connectivity index (χ1) is 15.2. The van der Waals surface area contributed by atoms with Gasteiger partial charge in [0, 0.05) is 5.56 Å². The van der Waals surface area contributed by atoms with Gasteiger partial charge in [0.05, 0.1) is 38.1 Å². The molecule has 0 unspecified atom stereocenters. The minimum Gasteiger partial charge on any atom is -0.493 e. The van der Waals surface area contributed by atoms with E-state index >= 15 is 0 Å². The molecule has 1 N–H and O–H groups in total. The molecular formula is C21H21F3N4O4. The maximum Gasteiger partial charge on any atom is 0.449 e. The summed E-state index contributed by atoms with van der Waals surface area (Å²) in [6.45, 7) is 1.01.